The highest BCUT2D eigenvalue weighted by Crippen LogP contribution is 2.18. The van der Waals surface area contributed by atoms with Crippen LogP contribution < -0.4 is 10.1 Å². The number of halogens is 1. The molecule has 0 aliphatic heterocycles. The number of hydrogen-bond acceptors (Lipinski definition) is 4. The number of hydrogen-bond donors (Lipinski definition) is 1. The van der Waals surface area contributed by atoms with Gasteiger partial charge in [-0.15, -0.1) is 0 Å². The Labute approximate surface area is 156 Å². The molecule has 25 heavy (non-hydrogen) atoms. The van der Waals surface area contributed by atoms with Crippen LogP contribution in [0, 0.1) is 0 Å². The molecule has 0 bridgehead atoms. The van der Waals surface area contributed by atoms with Crippen molar-refractivity contribution in [3.05, 3.63) is 64.7 Å². The van der Waals surface area contributed by atoms with Crippen molar-refractivity contribution in [2.24, 2.45) is 0 Å². The van der Waals surface area contributed by atoms with Crippen molar-refractivity contribution in [1.82, 2.24) is 5.32 Å². The quantitative estimate of drug-likeness (QED) is 0.679. The molecule has 0 spiro atoms. The maximum absolute atomic E-state index is 11.7. The average Bonchev–Trinajstić information content (AvgIpc) is 2.62. The second-order valence-electron chi connectivity index (χ2n) is 5.41. The SMILES string of the molecule is CNC(=O)C(Cc1ccc(OCCc2cccc(Cl)c2)cc1)SC=O. The summed E-state index contributed by atoms with van der Waals surface area (Å²) in [6.45, 7) is 0.557. The van der Waals surface area contributed by atoms with E-state index >= 15 is 0 Å². The van der Waals surface area contributed by atoms with Gasteiger partial charge in [0.05, 0.1) is 11.9 Å². The van der Waals surface area contributed by atoms with E-state index in [2.05, 4.69) is 5.32 Å². The van der Waals surface area contributed by atoms with Crippen LogP contribution in [0.2, 0.25) is 5.02 Å². The Morgan fingerprint density at radius 3 is 2.64 bits per heavy atom. The maximum Gasteiger partial charge on any atom is 0.233 e. The lowest BCUT2D eigenvalue weighted by Crippen LogP contribution is -2.31. The molecule has 0 fully saturated rings. The average molecular weight is 378 g/mol. The first-order chi connectivity index (χ1) is 12.1. The minimum absolute atomic E-state index is 0.154. The molecule has 132 valence electrons. The van der Waals surface area contributed by atoms with Gasteiger partial charge in [0, 0.05) is 18.5 Å². The van der Waals surface area contributed by atoms with Crippen molar-refractivity contribution in [2.45, 2.75) is 18.1 Å². The van der Waals surface area contributed by atoms with Crippen LogP contribution in [0.25, 0.3) is 0 Å². The van der Waals surface area contributed by atoms with Gasteiger partial charge in [-0.1, -0.05) is 47.6 Å². The standard InChI is InChI=1S/C19H20ClNO3S/c1-21-19(23)18(25-13-22)12-15-5-7-17(8-6-15)24-10-9-14-3-2-4-16(20)11-14/h2-8,11,13,18H,9-10,12H2,1H3,(H,21,23). The summed E-state index contributed by atoms with van der Waals surface area (Å²) in [5, 5.41) is 2.88. The highest BCUT2D eigenvalue weighted by Gasteiger charge is 2.18. The zero-order chi connectivity index (χ0) is 18.1. The second kappa shape index (κ2) is 10.1. The molecule has 2 rings (SSSR count). The number of carbonyl (C=O) groups excluding carboxylic acids is 2. The van der Waals surface area contributed by atoms with E-state index in [0.29, 0.717) is 18.6 Å². The summed E-state index contributed by atoms with van der Waals surface area (Å²) >= 11 is 6.95. The molecule has 1 unspecified atom stereocenters. The molecular weight excluding hydrogens is 358 g/mol. The number of rotatable bonds is 9. The van der Waals surface area contributed by atoms with Gasteiger partial charge < -0.3 is 10.1 Å². The summed E-state index contributed by atoms with van der Waals surface area (Å²) in [6, 6.07) is 15.3. The fourth-order valence-electron chi connectivity index (χ4n) is 2.35. The number of benzene rings is 2. The smallest absolute Gasteiger partial charge is 0.233 e. The molecule has 6 heteroatoms. The highest BCUT2D eigenvalue weighted by atomic mass is 35.5. The Bertz CT molecular complexity index is 706. The zero-order valence-electron chi connectivity index (χ0n) is 13.9. The number of thioether (sulfide) groups is 1. The molecule has 0 aromatic heterocycles. The summed E-state index contributed by atoms with van der Waals surface area (Å²) in [4.78, 5) is 22.4. The molecule has 1 atom stereocenters. The first-order valence-corrected chi connectivity index (χ1v) is 9.21. The third-order valence-electron chi connectivity index (χ3n) is 3.65. The summed E-state index contributed by atoms with van der Waals surface area (Å²) < 4.78 is 5.74. The Hall–Kier alpha value is -1.98. The van der Waals surface area contributed by atoms with Crippen molar-refractivity contribution in [2.75, 3.05) is 13.7 Å². The van der Waals surface area contributed by atoms with Crippen LogP contribution in [0.15, 0.2) is 48.5 Å². The van der Waals surface area contributed by atoms with E-state index in [9.17, 15) is 9.59 Å². The normalized spacial score (nSPS) is 11.6. The van der Waals surface area contributed by atoms with Crippen molar-refractivity contribution in [1.29, 1.82) is 0 Å². The van der Waals surface area contributed by atoms with Gasteiger partial charge in [-0.2, -0.15) is 0 Å². The fraction of sp³-hybridized carbons (Fsp3) is 0.263. The second-order valence-corrected chi connectivity index (χ2v) is 6.88. The molecule has 0 radical (unpaired) electrons. The van der Waals surface area contributed by atoms with Crippen LogP contribution in [0.4, 0.5) is 0 Å². The minimum atomic E-state index is -0.419. The van der Waals surface area contributed by atoms with Gasteiger partial charge in [0.25, 0.3) is 0 Å². The van der Waals surface area contributed by atoms with Crippen LogP contribution in [0.3, 0.4) is 0 Å². The van der Waals surface area contributed by atoms with Crippen LogP contribution >= 0.6 is 23.4 Å². The molecule has 2 aromatic rings. The third kappa shape index (κ3) is 6.44. The number of nitrogens with one attached hydrogen (secondary N) is 1. The van der Waals surface area contributed by atoms with Crippen molar-refractivity contribution >= 4 is 34.9 Å². The summed E-state index contributed by atoms with van der Waals surface area (Å²) in [7, 11) is 1.57. The topological polar surface area (TPSA) is 55.4 Å². The van der Waals surface area contributed by atoms with E-state index in [1.54, 1.807) is 7.05 Å². The maximum atomic E-state index is 11.7. The molecule has 0 saturated heterocycles. The van der Waals surface area contributed by atoms with E-state index in [1.165, 1.54) is 0 Å². The largest absolute Gasteiger partial charge is 0.493 e. The molecule has 0 aliphatic rings. The van der Waals surface area contributed by atoms with Gasteiger partial charge >= 0.3 is 0 Å². The number of amides is 1. The molecule has 0 saturated carbocycles. The summed E-state index contributed by atoms with van der Waals surface area (Å²) in [5.74, 6) is 0.615. The minimum Gasteiger partial charge on any atom is -0.493 e. The Kier molecular flexibility index (Phi) is 7.82. The van der Waals surface area contributed by atoms with Gasteiger partial charge in [-0.3, -0.25) is 9.59 Å². The van der Waals surface area contributed by atoms with Crippen molar-refractivity contribution in [3.8, 4) is 5.75 Å². The van der Waals surface area contributed by atoms with Crippen LogP contribution in [-0.2, 0) is 22.4 Å². The molecule has 4 nitrogen and oxygen atoms in total. The van der Waals surface area contributed by atoms with E-state index in [1.807, 2.05) is 48.5 Å². The van der Waals surface area contributed by atoms with Crippen LogP contribution in [0.1, 0.15) is 11.1 Å². The first-order valence-electron chi connectivity index (χ1n) is 7.89. The van der Waals surface area contributed by atoms with E-state index in [0.717, 1.165) is 40.1 Å². The summed E-state index contributed by atoms with van der Waals surface area (Å²) in [5.41, 5.74) is 2.81. The zero-order valence-corrected chi connectivity index (χ0v) is 15.5. The van der Waals surface area contributed by atoms with Crippen LogP contribution in [0.5, 0.6) is 5.75 Å². The fourth-order valence-corrected chi connectivity index (χ4v) is 3.22. The molecule has 1 N–H and O–H groups in total. The van der Waals surface area contributed by atoms with Crippen molar-refractivity contribution < 1.29 is 14.3 Å². The van der Waals surface area contributed by atoms with Gasteiger partial charge in [-0.05, 0) is 41.8 Å². The number of carbonyl (C=O) groups is 2. The monoisotopic (exact) mass is 377 g/mol. The Morgan fingerprint density at radius 1 is 1.24 bits per heavy atom. The van der Waals surface area contributed by atoms with Gasteiger partial charge in [0.1, 0.15) is 5.75 Å². The Balaban J connectivity index is 1.86. The molecule has 0 aliphatic carbocycles. The van der Waals surface area contributed by atoms with Gasteiger partial charge in [0.2, 0.25) is 5.91 Å². The van der Waals surface area contributed by atoms with E-state index in [4.69, 9.17) is 16.3 Å². The molecular formula is C19H20ClNO3S. The lowest BCUT2D eigenvalue weighted by molar-refractivity contribution is -0.120. The molecule has 0 heterocycles. The third-order valence-corrected chi connectivity index (χ3v) is 4.71. The number of ether oxygens (including phenoxy) is 1. The predicted molar refractivity (Wildman–Crippen MR) is 103 cm³/mol. The first kappa shape index (κ1) is 19.3. The van der Waals surface area contributed by atoms with Gasteiger partial charge in [0.15, 0.2) is 5.62 Å². The van der Waals surface area contributed by atoms with E-state index in [-0.39, 0.29) is 5.91 Å². The highest BCUT2D eigenvalue weighted by molar-refractivity contribution is 8.13. The molecule has 2 aromatic carbocycles. The lowest BCUT2D eigenvalue weighted by Gasteiger charge is -2.12. The molecule has 1 amide bonds. The van der Waals surface area contributed by atoms with E-state index < -0.39 is 5.25 Å². The van der Waals surface area contributed by atoms with Crippen molar-refractivity contribution in [3.63, 3.8) is 0 Å². The Morgan fingerprint density at radius 2 is 2.00 bits per heavy atom. The van der Waals surface area contributed by atoms with Gasteiger partial charge in [-0.25, -0.2) is 0 Å². The summed E-state index contributed by atoms with van der Waals surface area (Å²) in [6.07, 6.45) is 1.27. The lowest BCUT2D eigenvalue weighted by atomic mass is 10.1. The van der Waals surface area contributed by atoms with Crippen LogP contribution in [-0.4, -0.2) is 30.4 Å². The predicted octanol–water partition coefficient (Wildman–Crippen LogP) is 3.54.